The first-order valence-electron chi connectivity index (χ1n) is 4.53. The van der Waals surface area contributed by atoms with Gasteiger partial charge in [0.05, 0.1) is 0 Å². The van der Waals surface area contributed by atoms with Crippen LogP contribution in [0.3, 0.4) is 0 Å². The molecule has 82 valence electrons. The van der Waals surface area contributed by atoms with E-state index in [1.165, 1.54) is 12.1 Å². The smallest absolute Gasteiger partial charge is 0.404 e. The van der Waals surface area contributed by atoms with E-state index < -0.39 is 7.82 Å². The Kier molecular flexibility index (Phi) is 4.09. The third kappa shape index (κ3) is 4.79. The molecule has 0 saturated heterocycles. The van der Waals surface area contributed by atoms with Crippen LogP contribution in [-0.2, 0) is 4.57 Å². The maximum absolute atomic E-state index is 10.5. The average Bonchev–Trinajstić information content (AvgIpc) is 2.14. The van der Waals surface area contributed by atoms with Crippen LogP contribution < -0.4 is 4.52 Å². The minimum Gasteiger partial charge on any atom is -0.404 e. The SMILES string of the molecule is CCC=Cc1ccc(OP(=O)(O)O)cc1. The summed E-state index contributed by atoms with van der Waals surface area (Å²) in [5.74, 6) is 0.164. The summed E-state index contributed by atoms with van der Waals surface area (Å²) in [6.45, 7) is 2.03. The molecule has 1 aromatic rings. The van der Waals surface area contributed by atoms with Crippen LogP contribution in [0.5, 0.6) is 5.75 Å². The van der Waals surface area contributed by atoms with Crippen molar-refractivity contribution in [3.05, 3.63) is 35.9 Å². The average molecular weight is 228 g/mol. The predicted molar refractivity (Wildman–Crippen MR) is 58.4 cm³/mol. The number of phosphoric ester groups is 1. The minimum atomic E-state index is -4.44. The van der Waals surface area contributed by atoms with Gasteiger partial charge in [0.25, 0.3) is 0 Å². The van der Waals surface area contributed by atoms with E-state index in [9.17, 15) is 4.57 Å². The summed E-state index contributed by atoms with van der Waals surface area (Å²) in [6.07, 6.45) is 4.88. The lowest BCUT2D eigenvalue weighted by atomic mass is 10.2. The molecular weight excluding hydrogens is 215 g/mol. The largest absolute Gasteiger partial charge is 0.524 e. The first kappa shape index (κ1) is 12.0. The lowest BCUT2D eigenvalue weighted by Gasteiger charge is -2.06. The minimum absolute atomic E-state index is 0.164. The van der Waals surface area contributed by atoms with Crippen LogP contribution in [0.25, 0.3) is 6.08 Å². The molecule has 15 heavy (non-hydrogen) atoms. The van der Waals surface area contributed by atoms with E-state index in [-0.39, 0.29) is 5.75 Å². The molecule has 0 amide bonds. The maximum atomic E-state index is 10.5. The Hall–Kier alpha value is -1.09. The maximum Gasteiger partial charge on any atom is 0.524 e. The number of hydrogen-bond acceptors (Lipinski definition) is 2. The Morgan fingerprint density at radius 1 is 1.33 bits per heavy atom. The van der Waals surface area contributed by atoms with Crippen molar-refractivity contribution in [2.24, 2.45) is 0 Å². The molecule has 1 rings (SSSR count). The fourth-order valence-electron chi connectivity index (χ4n) is 1.03. The molecule has 0 heterocycles. The second-order valence-electron chi connectivity index (χ2n) is 2.96. The van der Waals surface area contributed by atoms with E-state index in [1.807, 2.05) is 19.1 Å². The van der Waals surface area contributed by atoms with Crippen molar-refractivity contribution < 1.29 is 18.9 Å². The molecule has 0 unspecified atom stereocenters. The summed E-state index contributed by atoms with van der Waals surface area (Å²) < 4.78 is 14.9. The highest BCUT2D eigenvalue weighted by Gasteiger charge is 2.15. The van der Waals surface area contributed by atoms with Gasteiger partial charge in [0.2, 0.25) is 0 Å². The summed E-state index contributed by atoms with van der Waals surface area (Å²) in [5, 5.41) is 0. The van der Waals surface area contributed by atoms with Gasteiger partial charge in [0.15, 0.2) is 0 Å². The third-order valence-electron chi connectivity index (χ3n) is 1.65. The molecule has 0 atom stereocenters. The molecule has 0 aliphatic heterocycles. The summed E-state index contributed by atoms with van der Waals surface area (Å²) in [6, 6.07) is 6.51. The standard InChI is InChI=1S/C10H13O4P/c1-2-3-4-9-5-7-10(8-6-9)14-15(11,12)13/h3-8H,2H2,1H3,(H2,11,12,13). The summed E-state index contributed by atoms with van der Waals surface area (Å²) in [7, 11) is -4.44. The topological polar surface area (TPSA) is 66.8 Å². The van der Waals surface area contributed by atoms with Crippen LogP contribution in [-0.4, -0.2) is 9.79 Å². The number of hydrogen-bond donors (Lipinski definition) is 2. The van der Waals surface area contributed by atoms with Gasteiger partial charge in [0.1, 0.15) is 5.75 Å². The van der Waals surface area contributed by atoms with Gasteiger partial charge in [-0.25, -0.2) is 4.57 Å². The predicted octanol–water partition coefficient (Wildman–Crippen LogP) is 2.58. The highest BCUT2D eigenvalue weighted by Crippen LogP contribution is 2.37. The van der Waals surface area contributed by atoms with Crippen LogP contribution in [0, 0.1) is 0 Å². The van der Waals surface area contributed by atoms with Crippen LogP contribution in [0.4, 0.5) is 0 Å². The van der Waals surface area contributed by atoms with Crippen LogP contribution in [0.1, 0.15) is 18.9 Å². The van der Waals surface area contributed by atoms with Crippen molar-refractivity contribution in [3.8, 4) is 5.75 Å². The Morgan fingerprint density at radius 2 is 1.93 bits per heavy atom. The van der Waals surface area contributed by atoms with Gasteiger partial charge in [-0.15, -0.1) is 0 Å². The van der Waals surface area contributed by atoms with Gasteiger partial charge in [-0.2, -0.15) is 0 Å². The van der Waals surface area contributed by atoms with Gasteiger partial charge in [-0.05, 0) is 24.1 Å². The first-order chi connectivity index (χ1) is 7.01. The molecule has 0 fully saturated rings. The fraction of sp³-hybridized carbons (Fsp3) is 0.200. The van der Waals surface area contributed by atoms with Crippen molar-refractivity contribution >= 4 is 13.9 Å². The zero-order chi connectivity index (χ0) is 11.3. The summed E-state index contributed by atoms with van der Waals surface area (Å²) >= 11 is 0. The molecular formula is C10H13O4P. The van der Waals surface area contributed by atoms with Gasteiger partial charge >= 0.3 is 7.82 Å². The van der Waals surface area contributed by atoms with E-state index in [0.717, 1.165) is 12.0 Å². The van der Waals surface area contributed by atoms with Crippen molar-refractivity contribution in [2.45, 2.75) is 13.3 Å². The molecule has 0 radical (unpaired) electrons. The van der Waals surface area contributed by atoms with Crippen molar-refractivity contribution in [1.29, 1.82) is 0 Å². The fourth-order valence-corrected chi connectivity index (χ4v) is 1.43. The molecule has 0 spiro atoms. The number of benzene rings is 1. The molecule has 2 N–H and O–H groups in total. The molecule has 0 saturated carbocycles. The molecule has 0 aliphatic rings. The third-order valence-corrected chi connectivity index (χ3v) is 2.10. The Morgan fingerprint density at radius 3 is 2.40 bits per heavy atom. The zero-order valence-corrected chi connectivity index (χ0v) is 9.22. The Bertz CT molecular complexity index is 377. The van der Waals surface area contributed by atoms with Gasteiger partial charge in [-0.3, -0.25) is 9.79 Å². The summed E-state index contributed by atoms with van der Waals surface area (Å²) in [4.78, 5) is 17.1. The highest BCUT2D eigenvalue weighted by atomic mass is 31.2. The highest BCUT2D eigenvalue weighted by molar-refractivity contribution is 7.46. The molecule has 0 bridgehead atoms. The number of allylic oxidation sites excluding steroid dienone is 1. The molecule has 0 aliphatic carbocycles. The second kappa shape index (κ2) is 5.12. The van der Waals surface area contributed by atoms with E-state index >= 15 is 0 Å². The second-order valence-corrected chi connectivity index (χ2v) is 4.13. The molecule has 5 heteroatoms. The number of rotatable bonds is 4. The van der Waals surface area contributed by atoms with Crippen LogP contribution in [0.15, 0.2) is 30.3 Å². The van der Waals surface area contributed by atoms with Crippen LogP contribution >= 0.6 is 7.82 Å². The number of phosphoric acid groups is 1. The Labute approximate surface area is 88.5 Å². The van der Waals surface area contributed by atoms with E-state index in [1.54, 1.807) is 12.1 Å². The Balaban J connectivity index is 2.72. The normalized spacial score (nSPS) is 11.9. The van der Waals surface area contributed by atoms with E-state index in [4.69, 9.17) is 9.79 Å². The van der Waals surface area contributed by atoms with Crippen molar-refractivity contribution in [2.75, 3.05) is 0 Å². The van der Waals surface area contributed by atoms with E-state index in [2.05, 4.69) is 4.52 Å². The van der Waals surface area contributed by atoms with Crippen molar-refractivity contribution in [3.63, 3.8) is 0 Å². The lowest BCUT2D eigenvalue weighted by molar-refractivity contribution is 0.283. The lowest BCUT2D eigenvalue weighted by Crippen LogP contribution is -1.89. The monoisotopic (exact) mass is 228 g/mol. The van der Waals surface area contributed by atoms with Gasteiger partial charge < -0.3 is 4.52 Å². The quantitative estimate of drug-likeness (QED) is 0.777. The van der Waals surface area contributed by atoms with Gasteiger partial charge in [-0.1, -0.05) is 31.2 Å². The molecule has 1 aromatic carbocycles. The van der Waals surface area contributed by atoms with Crippen LogP contribution in [0.2, 0.25) is 0 Å². The zero-order valence-electron chi connectivity index (χ0n) is 8.33. The van der Waals surface area contributed by atoms with Crippen molar-refractivity contribution in [1.82, 2.24) is 0 Å². The first-order valence-corrected chi connectivity index (χ1v) is 6.06. The molecule has 0 aromatic heterocycles. The summed E-state index contributed by atoms with van der Waals surface area (Å²) in [5.41, 5.74) is 0.968. The molecule has 4 nitrogen and oxygen atoms in total. The van der Waals surface area contributed by atoms with E-state index in [0.29, 0.717) is 0 Å². The van der Waals surface area contributed by atoms with Gasteiger partial charge in [0, 0.05) is 0 Å².